The van der Waals surface area contributed by atoms with Gasteiger partial charge in [0.25, 0.3) is 0 Å². The number of nitrogens with zero attached hydrogens (tertiary/aromatic N) is 1. The minimum atomic E-state index is -0.245. The standard InChI is InChI=1S/C17H24ClNO3/c1-13-11-14(6-7-15(13)18)21-9-4-5-16(20)19-8-10-22-17(2,3)12-19/h6-7,11H,4-5,8-10,12H2,1-3H3. The highest BCUT2D eigenvalue weighted by Crippen LogP contribution is 2.21. The van der Waals surface area contributed by atoms with Crippen molar-refractivity contribution in [2.24, 2.45) is 0 Å². The van der Waals surface area contributed by atoms with Gasteiger partial charge >= 0.3 is 0 Å². The minimum absolute atomic E-state index is 0.173. The minimum Gasteiger partial charge on any atom is -0.494 e. The molecular formula is C17H24ClNO3. The number of carbonyl (C=O) groups is 1. The van der Waals surface area contributed by atoms with Crippen molar-refractivity contribution in [2.45, 2.75) is 39.2 Å². The van der Waals surface area contributed by atoms with Crippen LogP contribution in [-0.2, 0) is 9.53 Å². The molecule has 1 aliphatic heterocycles. The van der Waals surface area contributed by atoms with Crippen LogP contribution < -0.4 is 4.74 Å². The predicted molar refractivity (Wildman–Crippen MR) is 87.5 cm³/mol. The van der Waals surface area contributed by atoms with Crippen LogP contribution in [0.5, 0.6) is 5.75 Å². The summed E-state index contributed by atoms with van der Waals surface area (Å²) >= 11 is 5.98. The maximum Gasteiger partial charge on any atom is 0.222 e. The Morgan fingerprint density at radius 1 is 1.45 bits per heavy atom. The third-order valence-electron chi connectivity index (χ3n) is 3.71. The first kappa shape index (κ1) is 17.1. The second-order valence-corrected chi connectivity index (χ2v) is 6.69. The number of hydrogen-bond acceptors (Lipinski definition) is 3. The lowest BCUT2D eigenvalue weighted by atomic mass is 10.1. The van der Waals surface area contributed by atoms with Crippen LogP contribution in [-0.4, -0.2) is 42.7 Å². The summed E-state index contributed by atoms with van der Waals surface area (Å²) in [7, 11) is 0. The normalized spacial score (nSPS) is 17.4. The molecule has 22 heavy (non-hydrogen) atoms. The number of amides is 1. The van der Waals surface area contributed by atoms with Crippen LogP contribution in [0.3, 0.4) is 0 Å². The molecule has 0 radical (unpaired) electrons. The van der Waals surface area contributed by atoms with Crippen molar-refractivity contribution in [3.05, 3.63) is 28.8 Å². The first-order valence-corrected chi connectivity index (χ1v) is 8.06. The first-order chi connectivity index (χ1) is 10.4. The molecule has 1 amide bonds. The van der Waals surface area contributed by atoms with Crippen molar-refractivity contribution >= 4 is 17.5 Å². The van der Waals surface area contributed by atoms with Crippen molar-refractivity contribution in [3.63, 3.8) is 0 Å². The molecule has 0 saturated carbocycles. The Kier molecular flexibility index (Phi) is 5.70. The summed E-state index contributed by atoms with van der Waals surface area (Å²) in [4.78, 5) is 14.1. The van der Waals surface area contributed by atoms with Gasteiger partial charge in [0.1, 0.15) is 5.75 Å². The first-order valence-electron chi connectivity index (χ1n) is 7.68. The van der Waals surface area contributed by atoms with Crippen LogP contribution in [0.4, 0.5) is 0 Å². The number of halogens is 1. The third-order valence-corrected chi connectivity index (χ3v) is 4.14. The van der Waals surface area contributed by atoms with Gasteiger partial charge in [0.15, 0.2) is 0 Å². The molecule has 2 rings (SSSR count). The number of carbonyl (C=O) groups excluding carboxylic acids is 1. The number of morpholine rings is 1. The van der Waals surface area contributed by atoms with Crippen molar-refractivity contribution in [1.82, 2.24) is 4.90 Å². The van der Waals surface area contributed by atoms with Crippen LogP contribution >= 0.6 is 11.6 Å². The highest BCUT2D eigenvalue weighted by molar-refractivity contribution is 6.31. The molecule has 122 valence electrons. The van der Waals surface area contributed by atoms with Crippen molar-refractivity contribution < 1.29 is 14.3 Å². The molecule has 1 aliphatic rings. The van der Waals surface area contributed by atoms with Gasteiger partial charge in [-0.05, 0) is 51.0 Å². The molecule has 0 bridgehead atoms. The summed E-state index contributed by atoms with van der Waals surface area (Å²) < 4.78 is 11.3. The molecular weight excluding hydrogens is 302 g/mol. The van der Waals surface area contributed by atoms with Gasteiger partial charge in [0.2, 0.25) is 5.91 Å². The average molecular weight is 326 g/mol. The van der Waals surface area contributed by atoms with Gasteiger partial charge in [-0.1, -0.05) is 11.6 Å². The van der Waals surface area contributed by atoms with E-state index in [0.29, 0.717) is 39.1 Å². The van der Waals surface area contributed by atoms with Gasteiger partial charge in [0, 0.05) is 24.5 Å². The fraction of sp³-hybridized carbons (Fsp3) is 0.588. The van der Waals surface area contributed by atoms with Crippen molar-refractivity contribution in [3.8, 4) is 5.75 Å². The lowest BCUT2D eigenvalue weighted by molar-refractivity contribution is -0.146. The van der Waals surface area contributed by atoms with Gasteiger partial charge in [-0.25, -0.2) is 0 Å². The number of aryl methyl sites for hydroxylation is 1. The fourth-order valence-corrected chi connectivity index (χ4v) is 2.63. The van der Waals surface area contributed by atoms with E-state index in [9.17, 15) is 4.79 Å². The largest absolute Gasteiger partial charge is 0.494 e. The quantitative estimate of drug-likeness (QED) is 0.778. The Bertz CT molecular complexity index is 531. The van der Waals surface area contributed by atoms with E-state index in [0.717, 1.165) is 16.3 Å². The molecule has 1 saturated heterocycles. The molecule has 0 spiro atoms. The van der Waals surface area contributed by atoms with Gasteiger partial charge in [-0.15, -0.1) is 0 Å². The molecule has 1 fully saturated rings. The second-order valence-electron chi connectivity index (χ2n) is 6.29. The van der Waals surface area contributed by atoms with E-state index in [1.165, 1.54) is 0 Å². The highest BCUT2D eigenvalue weighted by Gasteiger charge is 2.29. The van der Waals surface area contributed by atoms with Crippen molar-refractivity contribution in [2.75, 3.05) is 26.3 Å². The van der Waals surface area contributed by atoms with E-state index in [2.05, 4.69) is 0 Å². The Morgan fingerprint density at radius 2 is 2.23 bits per heavy atom. The highest BCUT2D eigenvalue weighted by atomic mass is 35.5. The van der Waals surface area contributed by atoms with Crippen LogP contribution in [0.25, 0.3) is 0 Å². The monoisotopic (exact) mass is 325 g/mol. The molecule has 1 aromatic rings. The lowest BCUT2D eigenvalue weighted by Crippen LogP contribution is -2.50. The smallest absolute Gasteiger partial charge is 0.222 e. The average Bonchev–Trinajstić information content (AvgIpc) is 2.46. The van der Waals surface area contributed by atoms with Gasteiger partial charge in [0.05, 0.1) is 18.8 Å². The maximum atomic E-state index is 12.2. The molecule has 5 heteroatoms. The summed E-state index contributed by atoms with van der Waals surface area (Å²) in [6.07, 6.45) is 1.21. The zero-order valence-electron chi connectivity index (χ0n) is 13.5. The van der Waals surface area contributed by atoms with Crippen LogP contribution in [0.15, 0.2) is 18.2 Å². The molecule has 0 aliphatic carbocycles. The summed E-state index contributed by atoms with van der Waals surface area (Å²) in [6, 6.07) is 5.59. The zero-order valence-corrected chi connectivity index (χ0v) is 14.3. The van der Waals surface area contributed by atoms with Gasteiger partial charge in [-0.3, -0.25) is 4.79 Å². The summed E-state index contributed by atoms with van der Waals surface area (Å²) in [5, 5.41) is 0.734. The topological polar surface area (TPSA) is 38.8 Å². The van der Waals surface area contributed by atoms with Gasteiger partial charge < -0.3 is 14.4 Å². The number of hydrogen-bond donors (Lipinski definition) is 0. The van der Waals surface area contributed by atoms with E-state index in [-0.39, 0.29) is 11.5 Å². The van der Waals surface area contributed by atoms with Crippen LogP contribution in [0.1, 0.15) is 32.3 Å². The van der Waals surface area contributed by atoms with Gasteiger partial charge in [-0.2, -0.15) is 0 Å². The van der Waals surface area contributed by atoms with E-state index in [1.807, 2.05) is 43.9 Å². The van der Waals surface area contributed by atoms with Crippen molar-refractivity contribution in [1.29, 1.82) is 0 Å². The molecule has 1 heterocycles. The Labute approximate surface area is 137 Å². The molecule has 1 aromatic carbocycles. The summed E-state index contributed by atoms with van der Waals surface area (Å²) in [6.45, 7) is 8.44. The Hall–Kier alpha value is -1.26. The second kappa shape index (κ2) is 7.34. The van der Waals surface area contributed by atoms with E-state index in [4.69, 9.17) is 21.1 Å². The number of benzene rings is 1. The molecule has 0 aromatic heterocycles. The fourth-order valence-electron chi connectivity index (χ4n) is 2.51. The van der Waals surface area contributed by atoms with E-state index < -0.39 is 0 Å². The molecule has 0 atom stereocenters. The molecule has 4 nitrogen and oxygen atoms in total. The summed E-state index contributed by atoms with van der Waals surface area (Å²) in [5.74, 6) is 0.967. The molecule has 0 unspecified atom stereocenters. The van der Waals surface area contributed by atoms with E-state index >= 15 is 0 Å². The third kappa shape index (κ3) is 4.89. The Morgan fingerprint density at radius 3 is 2.91 bits per heavy atom. The number of ether oxygens (including phenoxy) is 2. The number of rotatable bonds is 5. The predicted octanol–water partition coefficient (Wildman–Crippen LogP) is 3.44. The summed E-state index contributed by atoms with van der Waals surface area (Å²) in [5.41, 5.74) is 0.747. The van der Waals surface area contributed by atoms with Crippen LogP contribution in [0, 0.1) is 6.92 Å². The molecule has 0 N–H and O–H groups in total. The zero-order chi connectivity index (χ0) is 16.2. The lowest BCUT2D eigenvalue weighted by Gasteiger charge is -2.38. The van der Waals surface area contributed by atoms with E-state index in [1.54, 1.807) is 0 Å². The van der Waals surface area contributed by atoms with Crippen LogP contribution in [0.2, 0.25) is 5.02 Å². The maximum absolute atomic E-state index is 12.2. The SMILES string of the molecule is Cc1cc(OCCCC(=O)N2CCOC(C)(C)C2)ccc1Cl. The Balaban J connectivity index is 1.72.